The van der Waals surface area contributed by atoms with Crippen LogP contribution in [-0.4, -0.2) is 35.1 Å². The van der Waals surface area contributed by atoms with Crippen molar-refractivity contribution in [2.24, 2.45) is 0 Å². The zero-order valence-corrected chi connectivity index (χ0v) is 21.6. The molecule has 0 aliphatic rings. The first-order valence-corrected chi connectivity index (χ1v) is 13.3. The van der Waals surface area contributed by atoms with E-state index in [4.69, 9.17) is 11.6 Å². The highest BCUT2D eigenvalue weighted by atomic mass is 35.5. The number of hydrogen-bond donors (Lipinski definition) is 1. The van der Waals surface area contributed by atoms with Crippen LogP contribution < -0.4 is 5.32 Å². The van der Waals surface area contributed by atoms with E-state index in [2.05, 4.69) is 5.32 Å². The Morgan fingerprint density at radius 1 is 0.972 bits per heavy atom. The molecule has 0 aromatic heterocycles. The maximum atomic E-state index is 14.6. The molecule has 1 N–H and O–H groups in total. The van der Waals surface area contributed by atoms with E-state index < -0.39 is 17.7 Å². The zero-order chi connectivity index (χ0) is 25.9. The molecule has 36 heavy (non-hydrogen) atoms. The van der Waals surface area contributed by atoms with Crippen molar-refractivity contribution in [3.63, 3.8) is 0 Å². The molecule has 0 spiro atoms. The molecule has 4 nitrogen and oxygen atoms in total. The fourth-order valence-electron chi connectivity index (χ4n) is 3.72. The minimum atomic E-state index is -0.844. The van der Waals surface area contributed by atoms with Crippen LogP contribution in [0.1, 0.15) is 30.0 Å². The molecule has 190 valence electrons. The lowest BCUT2D eigenvalue weighted by molar-refractivity contribution is -0.139. The Labute approximate surface area is 220 Å². The maximum Gasteiger partial charge on any atom is 0.243 e. The Morgan fingerprint density at radius 3 is 2.36 bits per heavy atom. The highest BCUT2D eigenvalue weighted by Crippen LogP contribution is 2.25. The van der Waals surface area contributed by atoms with Gasteiger partial charge in [-0.2, -0.15) is 0 Å². The second-order valence-electron chi connectivity index (χ2n) is 8.30. The van der Waals surface area contributed by atoms with Gasteiger partial charge in [-0.15, -0.1) is 11.8 Å². The van der Waals surface area contributed by atoms with Crippen molar-refractivity contribution >= 4 is 35.2 Å². The largest absolute Gasteiger partial charge is 0.354 e. The first-order valence-electron chi connectivity index (χ1n) is 11.8. The van der Waals surface area contributed by atoms with Gasteiger partial charge in [0.1, 0.15) is 17.7 Å². The summed E-state index contributed by atoms with van der Waals surface area (Å²) in [7, 11) is 0. The van der Waals surface area contributed by atoms with Gasteiger partial charge in [0, 0.05) is 41.4 Å². The highest BCUT2D eigenvalue weighted by Gasteiger charge is 2.30. The van der Waals surface area contributed by atoms with E-state index in [9.17, 15) is 18.4 Å². The van der Waals surface area contributed by atoms with Gasteiger partial charge in [-0.25, -0.2) is 8.78 Å². The SMILES string of the molecule is CCCNC(=O)C(Cc1ccccc1)N(Cc1ccccc1F)C(=O)CSCc1c(F)cccc1Cl. The lowest BCUT2D eigenvalue weighted by atomic mass is 10.0. The van der Waals surface area contributed by atoms with Gasteiger partial charge in [-0.05, 0) is 30.2 Å². The predicted octanol–water partition coefficient (Wildman–Crippen LogP) is 6.02. The van der Waals surface area contributed by atoms with Crippen LogP contribution in [0.25, 0.3) is 0 Å². The standard InChI is InChI=1S/C28H29ClF2N2O2S/c1-2-15-32-28(35)26(16-20-9-4-3-5-10-20)33(17-21-11-6-7-13-24(21)30)27(34)19-36-18-22-23(29)12-8-14-25(22)31/h3-14,26H,2,15-19H2,1H3,(H,32,35). The van der Waals surface area contributed by atoms with Crippen LogP contribution in [0.3, 0.4) is 0 Å². The molecule has 0 saturated carbocycles. The van der Waals surface area contributed by atoms with Crippen LogP contribution in [0.15, 0.2) is 72.8 Å². The third kappa shape index (κ3) is 7.80. The van der Waals surface area contributed by atoms with Gasteiger partial charge in [0.15, 0.2) is 0 Å². The Morgan fingerprint density at radius 2 is 1.67 bits per heavy atom. The summed E-state index contributed by atoms with van der Waals surface area (Å²) in [5.41, 5.74) is 1.51. The van der Waals surface area contributed by atoms with E-state index in [1.165, 1.54) is 34.9 Å². The van der Waals surface area contributed by atoms with E-state index in [1.807, 2.05) is 37.3 Å². The van der Waals surface area contributed by atoms with Crippen molar-refractivity contribution in [1.29, 1.82) is 0 Å². The third-order valence-corrected chi connectivity index (χ3v) is 6.95. The Hall–Kier alpha value is -2.90. The molecule has 0 radical (unpaired) electrons. The smallest absolute Gasteiger partial charge is 0.243 e. The second-order valence-corrected chi connectivity index (χ2v) is 9.70. The summed E-state index contributed by atoms with van der Waals surface area (Å²) in [5.74, 6) is -1.36. The molecule has 0 saturated heterocycles. The number of benzene rings is 3. The molecule has 0 heterocycles. The molecule has 0 aliphatic heterocycles. The Balaban J connectivity index is 1.86. The van der Waals surface area contributed by atoms with E-state index in [1.54, 1.807) is 24.3 Å². The van der Waals surface area contributed by atoms with Crippen molar-refractivity contribution in [3.05, 3.63) is 106 Å². The van der Waals surface area contributed by atoms with Gasteiger partial charge < -0.3 is 10.2 Å². The maximum absolute atomic E-state index is 14.6. The summed E-state index contributed by atoms with van der Waals surface area (Å²) in [6.45, 7) is 2.34. The second kappa shape index (κ2) is 14.0. The Bertz CT molecular complexity index is 1140. The molecule has 0 fully saturated rings. The lowest BCUT2D eigenvalue weighted by Gasteiger charge is -2.31. The average Bonchev–Trinajstić information content (AvgIpc) is 2.88. The normalized spacial score (nSPS) is 11.7. The van der Waals surface area contributed by atoms with Gasteiger partial charge in [0.25, 0.3) is 0 Å². The first kappa shape index (κ1) is 27.7. The average molecular weight is 531 g/mol. The minimum Gasteiger partial charge on any atom is -0.354 e. The van der Waals surface area contributed by atoms with Crippen LogP contribution >= 0.6 is 23.4 Å². The van der Waals surface area contributed by atoms with Crippen LogP contribution in [0.5, 0.6) is 0 Å². The number of hydrogen-bond acceptors (Lipinski definition) is 3. The van der Waals surface area contributed by atoms with Crippen molar-refractivity contribution < 1.29 is 18.4 Å². The molecule has 0 aliphatic carbocycles. The first-order chi connectivity index (χ1) is 17.4. The fourth-order valence-corrected chi connectivity index (χ4v) is 4.97. The molecule has 1 unspecified atom stereocenters. The van der Waals surface area contributed by atoms with E-state index in [0.717, 1.165) is 12.0 Å². The van der Waals surface area contributed by atoms with Crippen LogP contribution in [0, 0.1) is 11.6 Å². The third-order valence-electron chi connectivity index (χ3n) is 5.65. The van der Waals surface area contributed by atoms with E-state index in [0.29, 0.717) is 22.7 Å². The number of rotatable bonds is 12. The molecular weight excluding hydrogens is 502 g/mol. The van der Waals surface area contributed by atoms with Crippen LogP contribution in [-0.2, 0) is 28.3 Å². The van der Waals surface area contributed by atoms with Gasteiger partial charge in [0.2, 0.25) is 11.8 Å². The molecule has 3 aromatic carbocycles. The van der Waals surface area contributed by atoms with Gasteiger partial charge in [-0.3, -0.25) is 9.59 Å². The van der Waals surface area contributed by atoms with Crippen LogP contribution in [0.4, 0.5) is 8.78 Å². The molecular formula is C28H29ClF2N2O2S. The summed E-state index contributed by atoms with van der Waals surface area (Å²) in [6, 6.07) is 19.2. The number of amides is 2. The summed E-state index contributed by atoms with van der Waals surface area (Å²) < 4.78 is 28.7. The monoisotopic (exact) mass is 530 g/mol. The topological polar surface area (TPSA) is 49.4 Å². The van der Waals surface area contributed by atoms with Crippen LogP contribution in [0.2, 0.25) is 5.02 Å². The molecule has 1 atom stereocenters. The fraction of sp³-hybridized carbons (Fsp3) is 0.286. The number of thioether (sulfide) groups is 1. The lowest BCUT2D eigenvalue weighted by Crippen LogP contribution is -2.51. The number of halogens is 3. The van der Waals surface area contributed by atoms with Crippen molar-refractivity contribution in [2.45, 2.75) is 38.1 Å². The summed E-state index contributed by atoms with van der Waals surface area (Å²) >= 11 is 7.32. The van der Waals surface area contributed by atoms with Crippen molar-refractivity contribution in [3.8, 4) is 0 Å². The molecule has 2 amide bonds. The van der Waals surface area contributed by atoms with Gasteiger partial charge in [-0.1, -0.05) is 73.1 Å². The van der Waals surface area contributed by atoms with Gasteiger partial charge in [0.05, 0.1) is 5.75 Å². The molecule has 3 aromatic rings. The number of nitrogens with zero attached hydrogens (tertiary/aromatic N) is 1. The zero-order valence-electron chi connectivity index (χ0n) is 20.1. The van der Waals surface area contributed by atoms with Crippen molar-refractivity contribution in [2.75, 3.05) is 12.3 Å². The number of carbonyl (C=O) groups excluding carboxylic acids is 2. The molecule has 8 heteroatoms. The van der Waals surface area contributed by atoms with Crippen molar-refractivity contribution in [1.82, 2.24) is 10.2 Å². The predicted molar refractivity (Wildman–Crippen MR) is 142 cm³/mol. The summed E-state index contributed by atoms with van der Waals surface area (Å²) in [6.07, 6.45) is 1.02. The molecule has 3 rings (SSSR count). The summed E-state index contributed by atoms with van der Waals surface area (Å²) in [5, 5.41) is 3.18. The van der Waals surface area contributed by atoms with E-state index in [-0.39, 0.29) is 36.3 Å². The highest BCUT2D eigenvalue weighted by molar-refractivity contribution is 7.99. The summed E-state index contributed by atoms with van der Waals surface area (Å²) in [4.78, 5) is 28.2. The minimum absolute atomic E-state index is 0.0224. The Kier molecular flexibility index (Phi) is 10.8. The van der Waals surface area contributed by atoms with E-state index >= 15 is 0 Å². The number of nitrogens with one attached hydrogen (secondary N) is 1. The number of carbonyl (C=O) groups is 2. The quantitative estimate of drug-likeness (QED) is 0.311. The molecule has 0 bridgehead atoms. The van der Waals surface area contributed by atoms with Gasteiger partial charge >= 0.3 is 0 Å².